The van der Waals surface area contributed by atoms with Gasteiger partial charge in [0.05, 0.1) is 5.52 Å². The molecule has 5 nitrogen and oxygen atoms in total. The number of pyridine rings is 1. The average Bonchev–Trinajstić information content (AvgIpc) is 2.90. The van der Waals surface area contributed by atoms with E-state index in [4.69, 9.17) is 9.72 Å². The summed E-state index contributed by atoms with van der Waals surface area (Å²) in [5, 5.41) is 25.2. The summed E-state index contributed by atoms with van der Waals surface area (Å²) < 4.78 is 6.01. The van der Waals surface area contributed by atoms with Gasteiger partial charge >= 0.3 is 0 Å². The van der Waals surface area contributed by atoms with Crippen molar-refractivity contribution in [2.24, 2.45) is 0 Å². The number of ether oxygens (including phenoxy) is 1. The first kappa shape index (κ1) is 22.6. The summed E-state index contributed by atoms with van der Waals surface area (Å²) in [6, 6.07) is 21.4. The molecule has 0 aliphatic carbocycles. The van der Waals surface area contributed by atoms with Gasteiger partial charge in [-0.05, 0) is 109 Å². The fraction of sp³-hybridized carbons (Fsp3) is 0.258. The number of phenols is 2. The molecule has 0 radical (unpaired) electrons. The molecular weight excluding hydrogens is 448 g/mol. The molecule has 0 unspecified atom stereocenters. The van der Waals surface area contributed by atoms with Gasteiger partial charge in [-0.2, -0.15) is 0 Å². The molecule has 0 spiro atoms. The lowest BCUT2D eigenvalue weighted by atomic mass is 9.93. The maximum absolute atomic E-state index is 10.2. The Labute approximate surface area is 210 Å². The minimum absolute atomic E-state index is 0.229. The van der Waals surface area contributed by atoms with E-state index in [0.29, 0.717) is 6.61 Å². The molecule has 0 amide bonds. The average molecular weight is 479 g/mol. The molecule has 0 bridgehead atoms. The van der Waals surface area contributed by atoms with Gasteiger partial charge in [0.15, 0.2) is 0 Å². The molecule has 6 rings (SSSR count). The number of phenolic OH excluding ortho intramolecular Hbond substituents is 2. The van der Waals surface area contributed by atoms with Crippen molar-refractivity contribution in [3.63, 3.8) is 0 Å². The van der Waals surface area contributed by atoms with E-state index >= 15 is 0 Å². The molecule has 4 aromatic carbocycles. The summed E-state index contributed by atoms with van der Waals surface area (Å²) in [5.41, 5.74) is 3.19. The zero-order valence-corrected chi connectivity index (χ0v) is 20.3. The Morgan fingerprint density at radius 2 is 1.50 bits per heavy atom. The van der Waals surface area contributed by atoms with Crippen molar-refractivity contribution in [2.45, 2.75) is 25.7 Å². The van der Waals surface area contributed by atoms with Crippen molar-refractivity contribution in [1.29, 1.82) is 0 Å². The van der Waals surface area contributed by atoms with Crippen LogP contribution in [0.25, 0.3) is 32.4 Å². The van der Waals surface area contributed by atoms with Crippen LogP contribution in [0.3, 0.4) is 0 Å². The largest absolute Gasteiger partial charge is 0.508 e. The number of aromatic nitrogens is 1. The number of likely N-dealkylation sites (tertiary alicyclic amines) is 1. The third-order valence-electron chi connectivity index (χ3n) is 7.28. The minimum atomic E-state index is 0.229. The van der Waals surface area contributed by atoms with Crippen LogP contribution in [-0.4, -0.2) is 46.3 Å². The van der Waals surface area contributed by atoms with Crippen LogP contribution >= 0.6 is 0 Å². The molecule has 2 heterocycles. The smallest absolute Gasteiger partial charge is 0.119 e. The van der Waals surface area contributed by atoms with Gasteiger partial charge in [0.1, 0.15) is 23.9 Å². The predicted molar refractivity (Wildman–Crippen MR) is 145 cm³/mol. The fourth-order valence-electron chi connectivity index (χ4n) is 5.40. The summed E-state index contributed by atoms with van der Waals surface area (Å²) >= 11 is 0. The lowest BCUT2D eigenvalue weighted by Gasteiger charge is -2.26. The highest BCUT2D eigenvalue weighted by Crippen LogP contribution is 2.35. The summed E-state index contributed by atoms with van der Waals surface area (Å²) in [4.78, 5) is 7.20. The zero-order chi connectivity index (χ0) is 24.5. The Morgan fingerprint density at radius 3 is 2.31 bits per heavy atom. The molecule has 1 aromatic heterocycles. The van der Waals surface area contributed by atoms with Gasteiger partial charge in [-0.25, -0.2) is 0 Å². The Bertz CT molecular complexity index is 1540. The fourth-order valence-corrected chi connectivity index (χ4v) is 5.40. The SMILES string of the molecule is Oc1ccc2c(cnc3c4ccc(O)cc4c(Cc4ccc(OCCN5CCCCC5)cc4)cc23)c1. The molecule has 0 atom stereocenters. The van der Waals surface area contributed by atoms with Crippen LogP contribution in [0.5, 0.6) is 17.2 Å². The summed E-state index contributed by atoms with van der Waals surface area (Å²) in [6.07, 6.45) is 6.46. The lowest BCUT2D eigenvalue weighted by molar-refractivity contribution is 0.183. The highest BCUT2D eigenvalue weighted by molar-refractivity contribution is 6.16. The molecule has 1 fully saturated rings. The van der Waals surface area contributed by atoms with E-state index in [-0.39, 0.29) is 11.5 Å². The number of hydrogen-bond donors (Lipinski definition) is 2. The number of fused-ring (bicyclic) bond motifs is 5. The number of piperidine rings is 1. The van der Waals surface area contributed by atoms with Crippen molar-refractivity contribution in [3.05, 3.63) is 84.1 Å². The summed E-state index contributed by atoms with van der Waals surface area (Å²) in [5.74, 6) is 1.37. The van der Waals surface area contributed by atoms with Gasteiger partial charge in [-0.15, -0.1) is 0 Å². The van der Waals surface area contributed by atoms with Crippen molar-refractivity contribution >= 4 is 32.4 Å². The Kier molecular flexibility index (Phi) is 6.08. The molecule has 182 valence electrons. The maximum Gasteiger partial charge on any atom is 0.119 e. The predicted octanol–water partition coefficient (Wildman–Crippen LogP) is 6.41. The van der Waals surface area contributed by atoms with Gasteiger partial charge in [0.2, 0.25) is 0 Å². The molecule has 1 aliphatic rings. The normalized spacial score (nSPS) is 14.6. The topological polar surface area (TPSA) is 65.8 Å². The standard InChI is InChI=1S/C31H30N2O3/c34-24-6-10-27-23(17-24)20-32-31-28-11-7-25(35)19-29(28)22(18-30(27)31)16-21-4-8-26(9-5-21)36-15-14-33-12-2-1-3-13-33/h4-11,17-20,34-35H,1-3,12-16H2. The van der Waals surface area contributed by atoms with Crippen LogP contribution in [0.2, 0.25) is 0 Å². The maximum atomic E-state index is 10.2. The second-order valence-electron chi connectivity index (χ2n) is 9.76. The summed E-state index contributed by atoms with van der Waals surface area (Å²) in [6.45, 7) is 4.06. The first-order chi connectivity index (χ1) is 17.6. The van der Waals surface area contributed by atoms with E-state index in [1.807, 2.05) is 30.3 Å². The van der Waals surface area contributed by atoms with E-state index in [1.54, 1.807) is 24.4 Å². The Balaban J connectivity index is 1.30. The van der Waals surface area contributed by atoms with Crippen LogP contribution in [0.4, 0.5) is 0 Å². The molecule has 36 heavy (non-hydrogen) atoms. The van der Waals surface area contributed by atoms with Gasteiger partial charge in [-0.1, -0.05) is 18.6 Å². The minimum Gasteiger partial charge on any atom is -0.508 e. The Morgan fingerprint density at radius 1 is 0.750 bits per heavy atom. The third kappa shape index (κ3) is 4.54. The monoisotopic (exact) mass is 478 g/mol. The zero-order valence-electron chi connectivity index (χ0n) is 20.3. The van der Waals surface area contributed by atoms with E-state index in [2.05, 4.69) is 23.1 Å². The van der Waals surface area contributed by atoms with E-state index in [9.17, 15) is 10.2 Å². The van der Waals surface area contributed by atoms with Crippen molar-refractivity contribution in [2.75, 3.05) is 26.2 Å². The van der Waals surface area contributed by atoms with Crippen LogP contribution < -0.4 is 4.74 Å². The quantitative estimate of drug-likeness (QED) is 0.276. The van der Waals surface area contributed by atoms with Gasteiger partial charge < -0.3 is 14.9 Å². The number of aromatic hydroxyl groups is 2. The number of rotatable bonds is 6. The molecule has 0 saturated carbocycles. The van der Waals surface area contributed by atoms with Gasteiger partial charge in [0.25, 0.3) is 0 Å². The van der Waals surface area contributed by atoms with Crippen molar-refractivity contribution in [3.8, 4) is 17.2 Å². The van der Waals surface area contributed by atoms with Crippen LogP contribution in [0, 0.1) is 0 Å². The number of nitrogens with zero attached hydrogens (tertiary/aromatic N) is 2. The second-order valence-corrected chi connectivity index (χ2v) is 9.76. The van der Waals surface area contributed by atoms with Crippen molar-refractivity contribution in [1.82, 2.24) is 9.88 Å². The number of benzene rings is 4. The number of hydrogen-bond acceptors (Lipinski definition) is 5. The highest BCUT2D eigenvalue weighted by Gasteiger charge is 2.13. The van der Waals surface area contributed by atoms with E-state index in [0.717, 1.165) is 56.7 Å². The van der Waals surface area contributed by atoms with E-state index in [1.165, 1.54) is 37.9 Å². The lowest BCUT2D eigenvalue weighted by Crippen LogP contribution is -2.33. The summed E-state index contributed by atoms with van der Waals surface area (Å²) in [7, 11) is 0. The third-order valence-corrected chi connectivity index (χ3v) is 7.28. The van der Waals surface area contributed by atoms with Gasteiger partial charge in [0, 0.05) is 28.9 Å². The van der Waals surface area contributed by atoms with Crippen LogP contribution in [0.1, 0.15) is 30.4 Å². The first-order valence-corrected chi connectivity index (χ1v) is 12.7. The van der Waals surface area contributed by atoms with Crippen molar-refractivity contribution < 1.29 is 14.9 Å². The molecular formula is C31H30N2O3. The Hall–Kier alpha value is -3.83. The molecule has 2 N–H and O–H groups in total. The van der Waals surface area contributed by atoms with Crippen LogP contribution in [-0.2, 0) is 6.42 Å². The van der Waals surface area contributed by atoms with E-state index < -0.39 is 0 Å². The van der Waals surface area contributed by atoms with Gasteiger partial charge in [-0.3, -0.25) is 9.88 Å². The highest BCUT2D eigenvalue weighted by atomic mass is 16.5. The van der Waals surface area contributed by atoms with Crippen LogP contribution in [0.15, 0.2) is 72.9 Å². The molecule has 1 aliphatic heterocycles. The molecule has 5 heteroatoms. The first-order valence-electron chi connectivity index (χ1n) is 12.7. The molecule has 5 aromatic rings. The molecule has 1 saturated heterocycles. The second kappa shape index (κ2) is 9.67.